The third-order valence-corrected chi connectivity index (χ3v) is 3.07. The summed E-state index contributed by atoms with van der Waals surface area (Å²) in [6.07, 6.45) is 7.26. The molecule has 0 N–H and O–H groups in total. The van der Waals surface area contributed by atoms with Crippen molar-refractivity contribution >= 4 is 12.1 Å². The molecule has 0 unspecified atom stereocenters. The van der Waals surface area contributed by atoms with Gasteiger partial charge in [0.1, 0.15) is 5.82 Å². The number of hydrogen-bond donors (Lipinski definition) is 0. The van der Waals surface area contributed by atoms with E-state index in [9.17, 15) is 4.79 Å². The number of anilines is 1. The summed E-state index contributed by atoms with van der Waals surface area (Å²) >= 11 is 0. The first kappa shape index (κ1) is 14.7. The molecule has 1 aromatic heterocycles. The van der Waals surface area contributed by atoms with E-state index in [0.717, 1.165) is 30.8 Å². The SMILES string of the molecule is CCCCN(CCCC)c1ncc(C=O)cc1C. The Balaban J connectivity index is 2.85. The fourth-order valence-electron chi connectivity index (χ4n) is 2.01. The van der Waals surface area contributed by atoms with Gasteiger partial charge in [-0.3, -0.25) is 4.79 Å². The van der Waals surface area contributed by atoms with E-state index in [4.69, 9.17) is 0 Å². The van der Waals surface area contributed by atoms with Gasteiger partial charge >= 0.3 is 0 Å². The third-order valence-electron chi connectivity index (χ3n) is 3.07. The Labute approximate surface area is 110 Å². The van der Waals surface area contributed by atoms with E-state index in [0.29, 0.717) is 5.56 Å². The molecular formula is C15H24N2O. The molecule has 1 aromatic rings. The molecule has 0 aliphatic rings. The Hall–Kier alpha value is -1.38. The molecule has 0 saturated heterocycles. The minimum absolute atomic E-state index is 0.655. The number of carbonyl (C=O) groups is 1. The number of nitrogens with zero attached hydrogens (tertiary/aromatic N) is 2. The van der Waals surface area contributed by atoms with Crippen LogP contribution in [0.1, 0.15) is 55.5 Å². The number of carbonyl (C=O) groups excluding carboxylic acids is 1. The van der Waals surface area contributed by atoms with Gasteiger partial charge in [-0.2, -0.15) is 0 Å². The first-order valence-electron chi connectivity index (χ1n) is 6.89. The number of pyridine rings is 1. The summed E-state index contributed by atoms with van der Waals surface area (Å²) in [6.45, 7) is 8.53. The number of hydrogen-bond acceptors (Lipinski definition) is 3. The van der Waals surface area contributed by atoms with Crippen LogP contribution >= 0.6 is 0 Å². The minimum Gasteiger partial charge on any atom is -0.356 e. The monoisotopic (exact) mass is 248 g/mol. The average Bonchev–Trinajstić information content (AvgIpc) is 2.39. The van der Waals surface area contributed by atoms with E-state index < -0.39 is 0 Å². The van der Waals surface area contributed by atoms with E-state index >= 15 is 0 Å². The first-order chi connectivity index (χ1) is 8.72. The maximum Gasteiger partial charge on any atom is 0.151 e. The van der Waals surface area contributed by atoms with Gasteiger partial charge in [-0.25, -0.2) is 4.98 Å². The number of aldehydes is 1. The van der Waals surface area contributed by atoms with Crippen molar-refractivity contribution in [1.29, 1.82) is 0 Å². The second-order valence-electron chi connectivity index (χ2n) is 4.72. The van der Waals surface area contributed by atoms with E-state index in [1.165, 1.54) is 25.7 Å². The van der Waals surface area contributed by atoms with Crippen LogP contribution in [0.25, 0.3) is 0 Å². The Bertz CT molecular complexity index is 369. The Morgan fingerprint density at radius 1 is 1.22 bits per heavy atom. The third kappa shape index (κ3) is 4.13. The smallest absolute Gasteiger partial charge is 0.151 e. The average molecular weight is 248 g/mol. The van der Waals surface area contributed by atoms with Crippen LogP contribution in [0.15, 0.2) is 12.3 Å². The van der Waals surface area contributed by atoms with Gasteiger partial charge in [-0.05, 0) is 31.4 Å². The maximum absolute atomic E-state index is 10.7. The van der Waals surface area contributed by atoms with E-state index in [1.54, 1.807) is 6.20 Å². The Morgan fingerprint density at radius 2 is 1.83 bits per heavy atom. The molecule has 18 heavy (non-hydrogen) atoms. The Morgan fingerprint density at radius 3 is 2.28 bits per heavy atom. The summed E-state index contributed by atoms with van der Waals surface area (Å²) in [4.78, 5) is 17.5. The zero-order valence-corrected chi connectivity index (χ0v) is 11.8. The molecule has 1 rings (SSSR count). The lowest BCUT2D eigenvalue weighted by Gasteiger charge is -2.25. The number of rotatable bonds is 8. The molecule has 0 amide bonds. The maximum atomic E-state index is 10.7. The molecule has 0 aromatic carbocycles. The van der Waals surface area contributed by atoms with Crippen molar-refractivity contribution < 1.29 is 4.79 Å². The minimum atomic E-state index is 0.655. The van der Waals surface area contributed by atoms with Crippen LogP contribution in [0, 0.1) is 6.92 Å². The fourth-order valence-corrected chi connectivity index (χ4v) is 2.01. The van der Waals surface area contributed by atoms with Crippen molar-refractivity contribution in [2.24, 2.45) is 0 Å². The van der Waals surface area contributed by atoms with E-state index in [1.807, 2.05) is 13.0 Å². The van der Waals surface area contributed by atoms with Crippen molar-refractivity contribution in [3.05, 3.63) is 23.4 Å². The first-order valence-corrected chi connectivity index (χ1v) is 6.89. The fraction of sp³-hybridized carbons (Fsp3) is 0.600. The zero-order valence-electron chi connectivity index (χ0n) is 11.8. The number of unbranched alkanes of at least 4 members (excludes halogenated alkanes) is 2. The largest absolute Gasteiger partial charge is 0.356 e. The molecule has 0 aliphatic heterocycles. The van der Waals surface area contributed by atoms with Crippen molar-refractivity contribution in [2.45, 2.75) is 46.5 Å². The van der Waals surface area contributed by atoms with Gasteiger partial charge in [0.15, 0.2) is 6.29 Å². The van der Waals surface area contributed by atoms with Gasteiger partial charge in [0.25, 0.3) is 0 Å². The molecule has 0 radical (unpaired) electrons. The normalized spacial score (nSPS) is 10.4. The Kier molecular flexibility index (Phi) is 6.40. The van der Waals surface area contributed by atoms with Gasteiger partial charge in [-0.1, -0.05) is 26.7 Å². The summed E-state index contributed by atoms with van der Waals surface area (Å²) in [5, 5.41) is 0. The van der Waals surface area contributed by atoms with Crippen LogP contribution in [0.3, 0.4) is 0 Å². The van der Waals surface area contributed by atoms with Gasteiger partial charge in [0.05, 0.1) is 0 Å². The predicted molar refractivity (Wildman–Crippen MR) is 76.4 cm³/mol. The molecule has 0 saturated carbocycles. The summed E-state index contributed by atoms with van der Waals surface area (Å²) in [5.74, 6) is 1.03. The predicted octanol–water partition coefficient (Wildman–Crippen LogP) is 3.61. The molecule has 0 atom stereocenters. The van der Waals surface area contributed by atoms with Gasteiger partial charge in [0, 0.05) is 24.8 Å². The van der Waals surface area contributed by atoms with Gasteiger partial charge in [0.2, 0.25) is 0 Å². The summed E-state index contributed by atoms with van der Waals surface area (Å²) in [6, 6.07) is 1.92. The highest BCUT2D eigenvalue weighted by atomic mass is 16.1. The quantitative estimate of drug-likeness (QED) is 0.659. The lowest BCUT2D eigenvalue weighted by molar-refractivity contribution is 0.112. The van der Waals surface area contributed by atoms with E-state index in [2.05, 4.69) is 23.7 Å². The molecule has 0 aliphatic carbocycles. The molecular weight excluding hydrogens is 224 g/mol. The van der Waals surface area contributed by atoms with Crippen molar-refractivity contribution in [3.8, 4) is 0 Å². The molecule has 3 heteroatoms. The van der Waals surface area contributed by atoms with Gasteiger partial charge in [-0.15, -0.1) is 0 Å². The van der Waals surface area contributed by atoms with Crippen LogP contribution in [0.4, 0.5) is 5.82 Å². The second-order valence-corrected chi connectivity index (χ2v) is 4.72. The molecule has 0 bridgehead atoms. The summed E-state index contributed by atoms with van der Waals surface area (Å²) < 4.78 is 0. The molecule has 1 heterocycles. The van der Waals surface area contributed by atoms with Crippen LogP contribution in [0.5, 0.6) is 0 Å². The van der Waals surface area contributed by atoms with Crippen molar-refractivity contribution in [1.82, 2.24) is 4.98 Å². The van der Waals surface area contributed by atoms with E-state index in [-0.39, 0.29) is 0 Å². The lowest BCUT2D eigenvalue weighted by atomic mass is 10.2. The van der Waals surface area contributed by atoms with Crippen LogP contribution in [0.2, 0.25) is 0 Å². The van der Waals surface area contributed by atoms with Gasteiger partial charge < -0.3 is 4.90 Å². The molecule has 0 spiro atoms. The molecule has 3 nitrogen and oxygen atoms in total. The highest BCUT2D eigenvalue weighted by molar-refractivity contribution is 5.75. The highest BCUT2D eigenvalue weighted by Gasteiger charge is 2.10. The standard InChI is InChI=1S/C15H24N2O/c1-4-6-8-17(9-7-5-2)15-13(3)10-14(12-18)11-16-15/h10-12H,4-9H2,1-3H3. The number of aryl methyl sites for hydroxylation is 1. The van der Waals surface area contributed by atoms with Crippen molar-refractivity contribution in [2.75, 3.05) is 18.0 Å². The summed E-state index contributed by atoms with van der Waals surface area (Å²) in [5.41, 5.74) is 1.74. The van der Waals surface area contributed by atoms with Crippen LogP contribution in [-0.4, -0.2) is 24.4 Å². The lowest BCUT2D eigenvalue weighted by Crippen LogP contribution is -2.27. The molecule has 0 fully saturated rings. The van der Waals surface area contributed by atoms with Crippen LogP contribution in [-0.2, 0) is 0 Å². The molecule has 100 valence electrons. The second kappa shape index (κ2) is 7.85. The topological polar surface area (TPSA) is 33.2 Å². The number of aromatic nitrogens is 1. The van der Waals surface area contributed by atoms with Crippen LogP contribution < -0.4 is 4.90 Å². The van der Waals surface area contributed by atoms with Crippen molar-refractivity contribution in [3.63, 3.8) is 0 Å². The zero-order chi connectivity index (χ0) is 13.4. The summed E-state index contributed by atoms with van der Waals surface area (Å²) in [7, 11) is 0. The highest BCUT2D eigenvalue weighted by Crippen LogP contribution is 2.18.